The molecule has 0 bridgehead atoms. The summed E-state index contributed by atoms with van der Waals surface area (Å²) >= 11 is 0. The van der Waals surface area contributed by atoms with Crippen LogP contribution in [0.5, 0.6) is 0 Å². The zero-order chi connectivity index (χ0) is 12.8. The van der Waals surface area contributed by atoms with Gasteiger partial charge in [0.15, 0.2) is 0 Å². The van der Waals surface area contributed by atoms with E-state index in [0.29, 0.717) is 0 Å². The zero-order valence-corrected chi connectivity index (χ0v) is 10.6. The molecule has 0 aliphatic carbocycles. The van der Waals surface area contributed by atoms with Crippen LogP contribution in [0, 0.1) is 11.8 Å². The minimum atomic E-state index is 1.01. The largest absolute Gasteiger partial charge is 0.387 e. The molecule has 0 spiro atoms. The maximum atomic E-state index is 3.20. The number of anilines is 2. The second-order valence-electron chi connectivity index (χ2n) is 3.84. The van der Waals surface area contributed by atoms with E-state index in [9.17, 15) is 0 Å². The molecule has 2 aromatic carbocycles. The van der Waals surface area contributed by atoms with Gasteiger partial charge in [0, 0.05) is 36.6 Å². The highest BCUT2D eigenvalue weighted by Crippen LogP contribution is 2.15. The average molecular weight is 236 g/mol. The molecule has 0 fully saturated rings. The van der Waals surface area contributed by atoms with Gasteiger partial charge in [-0.1, -0.05) is 36.1 Å². The summed E-state index contributed by atoms with van der Waals surface area (Å²) in [5, 5.41) is 6.28. The van der Waals surface area contributed by atoms with E-state index in [2.05, 4.69) is 22.5 Å². The van der Waals surface area contributed by atoms with Crippen molar-refractivity contribution in [3.8, 4) is 11.8 Å². The number of hydrogen-bond donors (Lipinski definition) is 2. The smallest absolute Gasteiger partial charge is 0.0496 e. The van der Waals surface area contributed by atoms with Gasteiger partial charge in [-0.2, -0.15) is 0 Å². The highest BCUT2D eigenvalue weighted by molar-refractivity contribution is 5.64. The van der Waals surface area contributed by atoms with Gasteiger partial charge in [0.2, 0.25) is 0 Å². The summed E-state index contributed by atoms with van der Waals surface area (Å²) in [5.41, 5.74) is 4.11. The van der Waals surface area contributed by atoms with Gasteiger partial charge in [-0.15, -0.1) is 0 Å². The number of benzene rings is 2. The zero-order valence-electron chi connectivity index (χ0n) is 10.6. The first-order valence-electron chi connectivity index (χ1n) is 5.90. The molecule has 0 radical (unpaired) electrons. The van der Waals surface area contributed by atoms with E-state index in [1.165, 1.54) is 0 Å². The molecular formula is C16H16N2. The van der Waals surface area contributed by atoms with Gasteiger partial charge in [-0.3, -0.25) is 0 Å². The predicted octanol–water partition coefficient (Wildman–Crippen LogP) is 3.17. The molecule has 2 aromatic rings. The lowest BCUT2D eigenvalue weighted by atomic mass is 10.1. The summed E-state index contributed by atoms with van der Waals surface area (Å²) in [6, 6.07) is 16.1. The van der Waals surface area contributed by atoms with Crippen molar-refractivity contribution in [2.45, 2.75) is 0 Å². The molecule has 0 heterocycles. The Hall–Kier alpha value is -2.40. The second-order valence-corrected chi connectivity index (χ2v) is 3.84. The Bertz CT molecular complexity index is 540. The topological polar surface area (TPSA) is 24.1 Å². The molecule has 0 atom stereocenters. The van der Waals surface area contributed by atoms with Gasteiger partial charge in [0.05, 0.1) is 0 Å². The fraction of sp³-hybridized carbons (Fsp3) is 0.125. The first-order chi connectivity index (χ1) is 8.85. The van der Waals surface area contributed by atoms with E-state index in [-0.39, 0.29) is 0 Å². The van der Waals surface area contributed by atoms with E-state index in [1.54, 1.807) is 0 Å². The highest BCUT2D eigenvalue weighted by atomic mass is 14.8. The van der Waals surface area contributed by atoms with Crippen molar-refractivity contribution >= 4 is 11.4 Å². The van der Waals surface area contributed by atoms with Crippen LogP contribution in [0.25, 0.3) is 0 Å². The van der Waals surface area contributed by atoms with E-state index in [0.717, 1.165) is 22.5 Å². The molecule has 2 N–H and O–H groups in total. The number of hydrogen-bond acceptors (Lipinski definition) is 2. The molecule has 2 heteroatoms. The van der Waals surface area contributed by atoms with Gasteiger partial charge >= 0.3 is 0 Å². The molecule has 2 nitrogen and oxygen atoms in total. The molecule has 0 saturated carbocycles. The maximum absolute atomic E-state index is 3.20. The van der Waals surface area contributed by atoms with E-state index in [1.807, 2.05) is 62.6 Å². The quantitative estimate of drug-likeness (QED) is 0.783. The van der Waals surface area contributed by atoms with Gasteiger partial charge < -0.3 is 10.6 Å². The summed E-state index contributed by atoms with van der Waals surface area (Å²) in [4.78, 5) is 0. The van der Waals surface area contributed by atoms with Crippen LogP contribution >= 0.6 is 0 Å². The van der Waals surface area contributed by atoms with Gasteiger partial charge in [0.25, 0.3) is 0 Å². The molecule has 18 heavy (non-hydrogen) atoms. The Balaban J connectivity index is 2.37. The van der Waals surface area contributed by atoms with Crippen LogP contribution in [0.3, 0.4) is 0 Å². The fourth-order valence-corrected chi connectivity index (χ4v) is 1.75. The van der Waals surface area contributed by atoms with Crippen molar-refractivity contribution in [3.63, 3.8) is 0 Å². The van der Waals surface area contributed by atoms with Crippen molar-refractivity contribution in [2.75, 3.05) is 24.7 Å². The molecule has 2 rings (SSSR count). The molecule has 0 amide bonds. The van der Waals surface area contributed by atoms with E-state index in [4.69, 9.17) is 0 Å². The molecule has 0 aliphatic rings. The Kier molecular flexibility index (Phi) is 3.88. The second kappa shape index (κ2) is 5.79. The summed E-state index contributed by atoms with van der Waals surface area (Å²) < 4.78 is 0. The first-order valence-corrected chi connectivity index (χ1v) is 5.90. The Labute approximate surface area is 108 Å². The number of rotatable bonds is 2. The van der Waals surface area contributed by atoms with Crippen LogP contribution < -0.4 is 10.6 Å². The van der Waals surface area contributed by atoms with Crippen LogP contribution in [-0.2, 0) is 0 Å². The summed E-state index contributed by atoms with van der Waals surface area (Å²) in [7, 11) is 3.81. The first kappa shape index (κ1) is 12.1. The number of nitrogens with one attached hydrogen (secondary N) is 2. The molecular weight excluding hydrogens is 220 g/mol. The average Bonchev–Trinajstić information content (AvgIpc) is 2.45. The van der Waals surface area contributed by atoms with Crippen molar-refractivity contribution in [2.24, 2.45) is 0 Å². The van der Waals surface area contributed by atoms with Crippen molar-refractivity contribution < 1.29 is 0 Å². The Morgan fingerprint density at radius 1 is 0.667 bits per heavy atom. The summed E-state index contributed by atoms with van der Waals surface area (Å²) in [5.74, 6) is 6.41. The summed E-state index contributed by atoms with van der Waals surface area (Å²) in [6.07, 6.45) is 0. The third-order valence-electron chi connectivity index (χ3n) is 2.72. The predicted molar refractivity (Wildman–Crippen MR) is 78.0 cm³/mol. The van der Waals surface area contributed by atoms with E-state index < -0.39 is 0 Å². The number of para-hydroxylation sites is 2. The monoisotopic (exact) mass is 236 g/mol. The molecule has 0 unspecified atom stereocenters. The minimum absolute atomic E-state index is 1.01. The molecule has 0 aliphatic heterocycles. The fourth-order valence-electron chi connectivity index (χ4n) is 1.75. The van der Waals surface area contributed by atoms with Gasteiger partial charge in [-0.25, -0.2) is 0 Å². The Morgan fingerprint density at radius 3 is 1.44 bits per heavy atom. The van der Waals surface area contributed by atoms with Crippen LogP contribution in [0.2, 0.25) is 0 Å². The van der Waals surface area contributed by atoms with Crippen LogP contribution in [0.1, 0.15) is 11.1 Å². The SMILES string of the molecule is CNc1ccccc1C#Cc1ccccc1NC. The van der Waals surface area contributed by atoms with Crippen molar-refractivity contribution in [3.05, 3.63) is 59.7 Å². The van der Waals surface area contributed by atoms with Crippen LogP contribution in [0.15, 0.2) is 48.5 Å². The minimum Gasteiger partial charge on any atom is -0.387 e. The lowest BCUT2D eigenvalue weighted by Crippen LogP contribution is -1.92. The van der Waals surface area contributed by atoms with Crippen LogP contribution in [-0.4, -0.2) is 14.1 Å². The molecule has 90 valence electrons. The van der Waals surface area contributed by atoms with Crippen molar-refractivity contribution in [1.29, 1.82) is 0 Å². The lowest BCUT2D eigenvalue weighted by Gasteiger charge is -2.03. The maximum Gasteiger partial charge on any atom is 0.0496 e. The standard InChI is InChI=1S/C16H16N2/c1-17-15-9-5-3-7-13(15)11-12-14-8-4-6-10-16(14)18-2/h3-10,17-18H,1-2H3. The third kappa shape index (κ3) is 2.64. The highest BCUT2D eigenvalue weighted by Gasteiger charge is 1.97. The van der Waals surface area contributed by atoms with Crippen molar-refractivity contribution in [1.82, 2.24) is 0 Å². The van der Waals surface area contributed by atoms with Gasteiger partial charge in [0.1, 0.15) is 0 Å². The summed E-state index contributed by atoms with van der Waals surface area (Å²) in [6.45, 7) is 0. The van der Waals surface area contributed by atoms with E-state index >= 15 is 0 Å². The normalized spacial score (nSPS) is 9.22. The third-order valence-corrected chi connectivity index (χ3v) is 2.72. The van der Waals surface area contributed by atoms with Gasteiger partial charge in [-0.05, 0) is 24.3 Å². The van der Waals surface area contributed by atoms with Crippen LogP contribution in [0.4, 0.5) is 11.4 Å². The lowest BCUT2D eigenvalue weighted by molar-refractivity contribution is 1.48. The Morgan fingerprint density at radius 2 is 1.06 bits per heavy atom. The molecule has 0 aromatic heterocycles. The molecule has 0 saturated heterocycles.